The first-order valence-corrected chi connectivity index (χ1v) is 10.5. The van der Waals surface area contributed by atoms with E-state index in [2.05, 4.69) is 34.2 Å². The molecule has 156 valence electrons. The van der Waals surface area contributed by atoms with Crippen molar-refractivity contribution in [1.82, 2.24) is 14.8 Å². The van der Waals surface area contributed by atoms with E-state index in [4.69, 9.17) is 9.15 Å². The monoisotopic (exact) mass is 427 g/mol. The zero-order valence-corrected chi connectivity index (χ0v) is 17.2. The normalized spacial score (nSPS) is 14.5. The Morgan fingerprint density at radius 2 is 2.07 bits per heavy atom. The van der Waals surface area contributed by atoms with Crippen LogP contribution in [0, 0.1) is 10.1 Å². The predicted octanol–water partition coefficient (Wildman–Crippen LogP) is 3.93. The largest absolute Gasteiger partial charge is 0.433 e. The highest BCUT2D eigenvalue weighted by Gasteiger charge is 2.21. The molecule has 30 heavy (non-hydrogen) atoms. The van der Waals surface area contributed by atoms with Gasteiger partial charge in [-0.2, -0.15) is 0 Å². The molecule has 3 heterocycles. The lowest BCUT2D eigenvalue weighted by molar-refractivity contribution is -0.402. The van der Waals surface area contributed by atoms with Crippen LogP contribution in [-0.4, -0.2) is 46.0 Å². The zero-order valence-electron chi connectivity index (χ0n) is 16.4. The molecule has 1 aliphatic rings. The van der Waals surface area contributed by atoms with Crippen molar-refractivity contribution in [3.63, 3.8) is 0 Å². The van der Waals surface area contributed by atoms with Crippen molar-refractivity contribution in [1.29, 1.82) is 0 Å². The Morgan fingerprint density at radius 3 is 2.80 bits per heavy atom. The van der Waals surface area contributed by atoms with Crippen LogP contribution in [-0.2, 0) is 11.2 Å². The third-order valence-electron chi connectivity index (χ3n) is 4.69. The van der Waals surface area contributed by atoms with E-state index in [1.54, 1.807) is 17.6 Å². The molecule has 4 rings (SSSR count). The van der Waals surface area contributed by atoms with E-state index in [1.807, 2.05) is 16.7 Å². The molecule has 10 heteroatoms. The Hall–Kier alpha value is -3.11. The van der Waals surface area contributed by atoms with Crippen LogP contribution in [0.2, 0.25) is 0 Å². The van der Waals surface area contributed by atoms with Gasteiger partial charge in [-0.15, -0.1) is 10.2 Å². The molecular weight excluding hydrogens is 406 g/mol. The molecule has 9 nitrogen and oxygen atoms in total. The van der Waals surface area contributed by atoms with Gasteiger partial charge >= 0.3 is 5.88 Å². The van der Waals surface area contributed by atoms with E-state index in [1.165, 1.54) is 23.4 Å². The van der Waals surface area contributed by atoms with Gasteiger partial charge in [-0.05, 0) is 41.7 Å². The van der Waals surface area contributed by atoms with Gasteiger partial charge in [0.15, 0.2) is 0 Å². The van der Waals surface area contributed by atoms with Crippen molar-refractivity contribution < 1.29 is 14.1 Å². The molecule has 0 bridgehead atoms. The molecule has 0 aliphatic carbocycles. The highest BCUT2D eigenvalue weighted by molar-refractivity contribution is 8.02. The van der Waals surface area contributed by atoms with E-state index in [-0.39, 0.29) is 5.88 Å². The maximum absolute atomic E-state index is 10.8. The fraction of sp³-hybridized carbons (Fsp3) is 0.300. The summed E-state index contributed by atoms with van der Waals surface area (Å²) in [5, 5.41) is 22.1. The lowest BCUT2D eigenvalue weighted by Crippen LogP contribution is -2.37. The third-order valence-corrected chi connectivity index (χ3v) is 5.43. The summed E-state index contributed by atoms with van der Waals surface area (Å²) < 4.78 is 12.7. The number of nitrogens with zero attached hydrogens (tertiary/aromatic N) is 5. The summed E-state index contributed by atoms with van der Waals surface area (Å²) >= 11 is 1.37. The van der Waals surface area contributed by atoms with Crippen LogP contribution < -0.4 is 4.90 Å². The number of morpholine rings is 1. The number of hydrogen-bond donors (Lipinski definition) is 0. The molecule has 0 saturated carbocycles. The Bertz CT molecular complexity index is 1060. The molecule has 0 amide bonds. The quantitative estimate of drug-likeness (QED) is 0.318. The molecule has 1 aromatic carbocycles. The fourth-order valence-corrected chi connectivity index (χ4v) is 3.84. The van der Waals surface area contributed by atoms with E-state index in [0.29, 0.717) is 24.1 Å². The first kappa shape index (κ1) is 20.2. The lowest BCUT2D eigenvalue weighted by Gasteiger charge is -2.28. The van der Waals surface area contributed by atoms with Gasteiger partial charge in [-0.3, -0.25) is 14.7 Å². The average molecular weight is 427 g/mol. The molecular formula is C20H21N5O4S. The van der Waals surface area contributed by atoms with Gasteiger partial charge in [-0.1, -0.05) is 30.8 Å². The number of ether oxygens (including phenoxy) is 1. The minimum atomic E-state index is -0.559. The second-order valence-electron chi connectivity index (χ2n) is 6.59. The number of rotatable bonds is 7. The number of nitro groups is 1. The molecule has 0 radical (unpaired) electrons. The van der Waals surface area contributed by atoms with Gasteiger partial charge in [0.1, 0.15) is 10.7 Å². The molecule has 1 aliphatic heterocycles. The maximum atomic E-state index is 10.8. The SMILES string of the molecule is CCc1cccc(-n2c(S/C=C/c3ccc([N+](=O)[O-])o3)nnc2N2CCOCC2)c1. The van der Waals surface area contributed by atoms with Gasteiger partial charge < -0.3 is 14.1 Å². The predicted molar refractivity (Wildman–Crippen MR) is 114 cm³/mol. The topological polar surface area (TPSA) is 99.5 Å². The maximum Gasteiger partial charge on any atom is 0.433 e. The number of benzene rings is 1. The number of furan rings is 1. The summed E-state index contributed by atoms with van der Waals surface area (Å²) in [4.78, 5) is 12.4. The van der Waals surface area contributed by atoms with Crippen LogP contribution in [0.15, 0.2) is 51.4 Å². The minimum Gasteiger partial charge on any atom is -0.401 e. The van der Waals surface area contributed by atoms with Crippen LogP contribution in [0.3, 0.4) is 0 Å². The summed E-state index contributed by atoms with van der Waals surface area (Å²) in [7, 11) is 0. The van der Waals surface area contributed by atoms with E-state index < -0.39 is 4.92 Å². The standard InChI is InChI=1S/C20H21N5O4S/c1-2-15-4-3-5-16(14-15)24-19(23-9-11-28-12-10-23)21-22-20(24)30-13-8-17-6-7-18(29-17)25(26)27/h3-8,13-14H,2,9-12H2,1H3/b13-8+. The highest BCUT2D eigenvalue weighted by atomic mass is 32.2. The molecule has 2 aromatic heterocycles. The lowest BCUT2D eigenvalue weighted by atomic mass is 10.1. The van der Waals surface area contributed by atoms with Crippen molar-refractivity contribution in [2.75, 3.05) is 31.2 Å². The highest BCUT2D eigenvalue weighted by Crippen LogP contribution is 2.29. The molecule has 0 atom stereocenters. The number of anilines is 1. The van der Waals surface area contributed by atoms with Crippen LogP contribution in [0.25, 0.3) is 11.8 Å². The third kappa shape index (κ3) is 4.39. The summed E-state index contributed by atoms with van der Waals surface area (Å²) in [5.74, 6) is 0.895. The second-order valence-corrected chi connectivity index (χ2v) is 7.47. The summed E-state index contributed by atoms with van der Waals surface area (Å²) in [6, 6.07) is 11.2. The molecule has 0 N–H and O–H groups in total. The Kier molecular flexibility index (Phi) is 6.15. The summed E-state index contributed by atoms with van der Waals surface area (Å²) in [6.45, 7) is 4.93. The molecule has 1 fully saturated rings. The van der Waals surface area contributed by atoms with E-state index in [0.717, 1.165) is 31.1 Å². The molecule has 3 aromatic rings. The van der Waals surface area contributed by atoms with Crippen LogP contribution in [0.5, 0.6) is 0 Å². The van der Waals surface area contributed by atoms with Crippen LogP contribution >= 0.6 is 11.8 Å². The van der Waals surface area contributed by atoms with Crippen molar-refractivity contribution in [2.24, 2.45) is 0 Å². The Balaban J connectivity index is 1.63. The van der Waals surface area contributed by atoms with Gasteiger partial charge in [0.25, 0.3) is 0 Å². The minimum absolute atomic E-state index is 0.284. The molecule has 1 saturated heterocycles. The molecule has 0 unspecified atom stereocenters. The van der Waals surface area contributed by atoms with E-state index in [9.17, 15) is 10.1 Å². The van der Waals surface area contributed by atoms with Gasteiger partial charge in [0.2, 0.25) is 11.1 Å². The second kappa shape index (κ2) is 9.14. The average Bonchev–Trinajstić information content (AvgIpc) is 3.42. The first-order chi connectivity index (χ1) is 14.7. The van der Waals surface area contributed by atoms with Crippen molar-refractivity contribution in [2.45, 2.75) is 18.5 Å². The van der Waals surface area contributed by atoms with Gasteiger partial charge in [-0.25, -0.2) is 0 Å². The van der Waals surface area contributed by atoms with Crippen LogP contribution in [0.4, 0.5) is 11.8 Å². The number of hydrogen-bond acceptors (Lipinski definition) is 8. The van der Waals surface area contributed by atoms with E-state index >= 15 is 0 Å². The van der Waals surface area contributed by atoms with Crippen LogP contribution in [0.1, 0.15) is 18.2 Å². The fourth-order valence-electron chi connectivity index (χ4n) is 3.14. The van der Waals surface area contributed by atoms with Gasteiger partial charge in [0, 0.05) is 13.1 Å². The first-order valence-electron chi connectivity index (χ1n) is 9.60. The van der Waals surface area contributed by atoms with Crippen molar-refractivity contribution in [3.8, 4) is 5.69 Å². The number of thioether (sulfide) groups is 1. The zero-order chi connectivity index (χ0) is 20.9. The smallest absolute Gasteiger partial charge is 0.401 e. The number of aryl methyl sites for hydroxylation is 1. The van der Waals surface area contributed by atoms with Crippen molar-refractivity contribution in [3.05, 3.63) is 63.2 Å². The summed E-state index contributed by atoms with van der Waals surface area (Å²) in [6.07, 6.45) is 2.61. The van der Waals surface area contributed by atoms with Gasteiger partial charge in [0.05, 0.1) is 25.0 Å². The van der Waals surface area contributed by atoms with Crippen molar-refractivity contribution >= 4 is 29.7 Å². The summed E-state index contributed by atoms with van der Waals surface area (Å²) in [5.41, 5.74) is 2.22. The number of aromatic nitrogens is 3. The molecule has 0 spiro atoms. The Labute approximate surface area is 177 Å². The Morgan fingerprint density at radius 1 is 1.23 bits per heavy atom.